The Morgan fingerprint density at radius 1 is 1.21 bits per heavy atom. The number of hydrogen-bond donors (Lipinski definition) is 1. The average molecular weight is 324 g/mol. The fourth-order valence-electron chi connectivity index (χ4n) is 2.32. The van der Waals surface area contributed by atoms with E-state index < -0.39 is 0 Å². The van der Waals surface area contributed by atoms with Gasteiger partial charge < -0.3 is 5.32 Å². The monoisotopic (exact) mass is 324 g/mol. The molecule has 122 valence electrons. The minimum Gasteiger partial charge on any atom is -0.305 e. The highest BCUT2D eigenvalue weighted by Gasteiger charge is 2.10. The van der Waals surface area contributed by atoms with Crippen LogP contribution in [0.15, 0.2) is 54.9 Å². The number of aromatic nitrogens is 3. The standard InChI is InChI=1S/C18H17FN4O/c1-2-23-9-8-16(22-23)18(24)21-17-7-6-14(12-20-17)10-13-4-3-5-15(19)11-13/h3-9,11-12H,2,10H2,1H3,(H,20,21,24). The summed E-state index contributed by atoms with van der Waals surface area (Å²) in [6.07, 6.45) is 4.01. The number of hydrogen-bond acceptors (Lipinski definition) is 3. The van der Waals surface area contributed by atoms with Gasteiger partial charge in [-0.2, -0.15) is 5.10 Å². The van der Waals surface area contributed by atoms with Crippen LogP contribution in [0.25, 0.3) is 0 Å². The SMILES string of the molecule is CCn1ccc(C(=O)Nc2ccc(Cc3cccc(F)c3)cn2)n1. The van der Waals surface area contributed by atoms with Gasteiger partial charge in [0, 0.05) is 18.9 Å². The van der Waals surface area contributed by atoms with Crippen molar-refractivity contribution in [3.8, 4) is 0 Å². The van der Waals surface area contributed by atoms with E-state index in [0.29, 0.717) is 24.5 Å². The predicted octanol–water partition coefficient (Wildman–Crippen LogP) is 3.28. The second-order valence-corrected chi connectivity index (χ2v) is 5.37. The molecule has 6 heteroatoms. The van der Waals surface area contributed by atoms with Crippen molar-refractivity contribution in [2.75, 3.05) is 5.32 Å². The Morgan fingerprint density at radius 2 is 2.08 bits per heavy atom. The Bertz CT molecular complexity index is 842. The average Bonchev–Trinajstić information content (AvgIpc) is 3.06. The van der Waals surface area contributed by atoms with Crippen LogP contribution in [-0.2, 0) is 13.0 Å². The van der Waals surface area contributed by atoms with Gasteiger partial charge in [0.25, 0.3) is 5.91 Å². The van der Waals surface area contributed by atoms with Crippen LogP contribution in [0, 0.1) is 5.82 Å². The number of aryl methyl sites for hydroxylation is 1. The third-order valence-electron chi connectivity index (χ3n) is 3.56. The molecule has 5 nitrogen and oxygen atoms in total. The molecule has 0 unspecified atom stereocenters. The zero-order valence-corrected chi connectivity index (χ0v) is 13.2. The summed E-state index contributed by atoms with van der Waals surface area (Å²) in [5.74, 6) is -0.0996. The molecule has 0 radical (unpaired) electrons. The van der Waals surface area contributed by atoms with E-state index in [0.717, 1.165) is 11.1 Å². The van der Waals surface area contributed by atoms with Crippen LogP contribution in [-0.4, -0.2) is 20.7 Å². The highest BCUT2D eigenvalue weighted by atomic mass is 19.1. The lowest BCUT2D eigenvalue weighted by Gasteiger charge is -2.05. The van der Waals surface area contributed by atoms with E-state index in [9.17, 15) is 9.18 Å². The second kappa shape index (κ2) is 7.04. The lowest BCUT2D eigenvalue weighted by Crippen LogP contribution is -2.14. The van der Waals surface area contributed by atoms with Gasteiger partial charge in [-0.05, 0) is 48.7 Å². The predicted molar refractivity (Wildman–Crippen MR) is 89.3 cm³/mol. The molecular formula is C18H17FN4O. The van der Waals surface area contributed by atoms with Gasteiger partial charge in [-0.1, -0.05) is 18.2 Å². The third-order valence-corrected chi connectivity index (χ3v) is 3.56. The van der Waals surface area contributed by atoms with E-state index >= 15 is 0 Å². The molecule has 1 amide bonds. The molecule has 0 spiro atoms. The summed E-state index contributed by atoms with van der Waals surface area (Å²) in [5.41, 5.74) is 2.16. The maximum absolute atomic E-state index is 13.2. The fourth-order valence-corrected chi connectivity index (χ4v) is 2.32. The van der Waals surface area contributed by atoms with E-state index in [4.69, 9.17) is 0 Å². The summed E-state index contributed by atoms with van der Waals surface area (Å²) in [5, 5.41) is 6.86. The van der Waals surface area contributed by atoms with Crippen molar-refractivity contribution in [3.63, 3.8) is 0 Å². The number of nitrogens with zero attached hydrogens (tertiary/aromatic N) is 3. The molecule has 0 fully saturated rings. The number of amides is 1. The molecule has 24 heavy (non-hydrogen) atoms. The zero-order chi connectivity index (χ0) is 16.9. The molecular weight excluding hydrogens is 307 g/mol. The molecule has 0 bridgehead atoms. The number of carbonyl (C=O) groups is 1. The van der Waals surface area contributed by atoms with Crippen molar-refractivity contribution in [1.29, 1.82) is 0 Å². The minimum atomic E-state index is -0.299. The number of halogens is 1. The maximum atomic E-state index is 13.2. The van der Waals surface area contributed by atoms with Crippen molar-refractivity contribution < 1.29 is 9.18 Å². The topological polar surface area (TPSA) is 59.8 Å². The molecule has 3 aromatic rings. The van der Waals surface area contributed by atoms with E-state index in [1.54, 1.807) is 35.3 Å². The van der Waals surface area contributed by atoms with Crippen LogP contribution in [0.2, 0.25) is 0 Å². The van der Waals surface area contributed by atoms with Crippen LogP contribution in [0.1, 0.15) is 28.5 Å². The molecule has 1 aromatic carbocycles. The van der Waals surface area contributed by atoms with Gasteiger partial charge in [-0.3, -0.25) is 9.48 Å². The molecule has 1 N–H and O–H groups in total. The van der Waals surface area contributed by atoms with Crippen LogP contribution in [0.5, 0.6) is 0 Å². The van der Waals surface area contributed by atoms with Crippen LogP contribution < -0.4 is 5.32 Å². The van der Waals surface area contributed by atoms with Crippen LogP contribution in [0.3, 0.4) is 0 Å². The van der Waals surface area contributed by atoms with E-state index in [-0.39, 0.29) is 11.7 Å². The van der Waals surface area contributed by atoms with Gasteiger partial charge in [-0.15, -0.1) is 0 Å². The maximum Gasteiger partial charge on any atom is 0.277 e. The summed E-state index contributed by atoms with van der Waals surface area (Å²) in [4.78, 5) is 16.3. The van der Waals surface area contributed by atoms with Gasteiger partial charge in [0.15, 0.2) is 5.69 Å². The van der Waals surface area contributed by atoms with Crippen molar-refractivity contribution in [2.45, 2.75) is 19.9 Å². The highest BCUT2D eigenvalue weighted by Crippen LogP contribution is 2.12. The second-order valence-electron chi connectivity index (χ2n) is 5.37. The smallest absolute Gasteiger partial charge is 0.277 e. The van der Waals surface area contributed by atoms with E-state index in [1.165, 1.54) is 12.1 Å². The summed E-state index contributed by atoms with van der Waals surface area (Å²) in [6, 6.07) is 11.7. The fraction of sp³-hybridized carbons (Fsp3) is 0.167. The largest absolute Gasteiger partial charge is 0.305 e. The number of nitrogens with one attached hydrogen (secondary N) is 1. The lowest BCUT2D eigenvalue weighted by atomic mass is 10.1. The van der Waals surface area contributed by atoms with Gasteiger partial charge in [-0.25, -0.2) is 9.37 Å². The number of rotatable bonds is 5. The summed E-state index contributed by atoms with van der Waals surface area (Å²) in [6.45, 7) is 2.66. The Labute approximate surface area is 139 Å². The number of anilines is 1. The van der Waals surface area contributed by atoms with Crippen molar-refractivity contribution in [3.05, 3.63) is 77.5 Å². The quantitative estimate of drug-likeness (QED) is 0.783. The van der Waals surface area contributed by atoms with Gasteiger partial charge in [0.05, 0.1) is 0 Å². The Balaban J connectivity index is 1.65. The first-order valence-electron chi connectivity index (χ1n) is 7.68. The molecule has 0 saturated heterocycles. The van der Waals surface area contributed by atoms with E-state index in [1.807, 2.05) is 19.1 Å². The molecule has 0 saturated carbocycles. The molecule has 3 rings (SSSR count). The first-order chi connectivity index (χ1) is 11.6. The first-order valence-corrected chi connectivity index (χ1v) is 7.68. The number of carbonyl (C=O) groups excluding carboxylic acids is 1. The Hall–Kier alpha value is -3.02. The zero-order valence-electron chi connectivity index (χ0n) is 13.2. The van der Waals surface area contributed by atoms with Crippen LogP contribution in [0.4, 0.5) is 10.2 Å². The van der Waals surface area contributed by atoms with Crippen molar-refractivity contribution in [2.24, 2.45) is 0 Å². The van der Waals surface area contributed by atoms with Gasteiger partial charge in [0.2, 0.25) is 0 Å². The lowest BCUT2D eigenvalue weighted by molar-refractivity contribution is 0.102. The van der Waals surface area contributed by atoms with Crippen molar-refractivity contribution >= 4 is 11.7 Å². The van der Waals surface area contributed by atoms with E-state index in [2.05, 4.69) is 15.4 Å². The summed E-state index contributed by atoms with van der Waals surface area (Å²) in [7, 11) is 0. The van der Waals surface area contributed by atoms with Gasteiger partial charge in [0.1, 0.15) is 11.6 Å². The Kier molecular flexibility index (Phi) is 4.65. The van der Waals surface area contributed by atoms with Crippen molar-refractivity contribution in [1.82, 2.24) is 14.8 Å². The number of benzene rings is 1. The van der Waals surface area contributed by atoms with Crippen LogP contribution >= 0.6 is 0 Å². The molecule has 0 aliphatic heterocycles. The summed E-state index contributed by atoms with van der Waals surface area (Å²) < 4.78 is 14.9. The number of pyridine rings is 1. The normalized spacial score (nSPS) is 10.6. The van der Waals surface area contributed by atoms with Gasteiger partial charge >= 0.3 is 0 Å². The molecule has 0 atom stereocenters. The third kappa shape index (κ3) is 3.84. The molecule has 2 heterocycles. The highest BCUT2D eigenvalue weighted by molar-refractivity contribution is 6.02. The Morgan fingerprint density at radius 3 is 2.75 bits per heavy atom. The minimum absolute atomic E-state index is 0.254. The molecule has 0 aliphatic carbocycles. The molecule has 0 aliphatic rings. The summed E-state index contributed by atoms with van der Waals surface area (Å²) >= 11 is 0. The molecule has 2 aromatic heterocycles. The first kappa shape index (κ1) is 15.9.